The van der Waals surface area contributed by atoms with E-state index in [0.29, 0.717) is 19.3 Å². The Balaban J connectivity index is 3.49. The largest absolute Gasteiger partial charge is 0.560 e. The molecule has 21 heavy (non-hydrogen) atoms. The van der Waals surface area contributed by atoms with Gasteiger partial charge in [-0.15, -0.1) is 13.2 Å². The van der Waals surface area contributed by atoms with Crippen LogP contribution in [0, 0.1) is 4.91 Å². The second kappa shape index (κ2) is 10.9. The molecular formula is C11H19F5N2O2S. The first-order valence-electron chi connectivity index (χ1n) is 6.67. The summed E-state index contributed by atoms with van der Waals surface area (Å²) >= 11 is 3.83. The summed E-state index contributed by atoms with van der Waals surface area (Å²) in [6.45, 7) is -0.264. The Bertz CT molecular complexity index is 292. The molecule has 0 N–H and O–H groups in total. The Labute approximate surface area is 125 Å². The molecule has 126 valence electrons. The van der Waals surface area contributed by atoms with Crippen LogP contribution in [0.5, 0.6) is 0 Å². The van der Waals surface area contributed by atoms with Crippen molar-refractivity contribution in [2.45, 2.75) is 64.1 Å². The molecule has 0 aromatic heterocycles. The molecule has 0 amide bonds. The quantitative estimate of drug-likeness (QED) is 0.133. The lowest BCUT2D eigenvalue weighted by Crippen LogP contribution is -2.42. The predicted molar refractivity (Wildman–Crippen MR) is 67.8 cm³/mol. The first-order chi connectivity index (χ1) is 9.75. The van der Waals surface area contributed by atoms with Crippen molar-refractivity contribution in [2.24, 2.45) is 0 Å². The molecular weight excluding hydrogens is 319 g/mol. The van der Waals surface area contributed by atoms with Crippen LogP contribution in [0.3, 0.4) is 0 Å². The van der Waals surface area contributed by atoms with Gasteiger partial charge in [-0.2, -0.15) is 0 Å². The number of hydrazine groups is 1. The van der Waals surface area contributed by atoms with Gasteiger partial charge in [0.15, 0.2) is 0 Å². The van der Waals surface area contributed by atoms with Crippen LogP contribution in [0.25, 0.3) is 0 Å². The highest BCUT2D eigenvalue weighted by Crippen LogP contribution is 2.21. The first kappa shape index (κ1) is 20.2. The highest BCUT2D eigenvalue weighted by Gasteiger charge is 2.46. The molecule has 0 saturated carbocycles. The van der Waals surface area contributed by atoms with Gasteiger partial charge in [0.05, 0.1) is 16.1 Å². The van der Waals surface area contributed by atoms with Gasteiger partial charge in [-0.1, -0.05) is 32.1 Å². The fraction of sp³-hybridized carbons (Fsp3) is 1.00. The molecule has 0 saturated heterocycles. The highest BCUT2D eigenvalue weighted by molar-refractivity contribution is 7.51. The summed E-state index contributed by atoms with van der Waals surface area (Å²) < 4.78 is 59.5. The van der Waals surface area contributed by atoms with Crippen molar-refractivity contribution in [1.29, 1.82) is 0 Å². The zero-order chi connectivity index (χ0) is 16.3. The Kier molecular flexibility index (Phi) is 10.5. The van der Waals surface area contributed by atoms with Crippen molar-refractivity contribution in [3.05, 3.63) is 4.91 Å². The third-order valence-corrected chi connectivity index (χ3v) is 2.79. The van der Waals surface area contributed by atoms with Gasteiger partial charge < -0.3 is 12.8 Å². The maximum absolute atomic E-state index is 12.2. The van der Waals surface area contributed by atoms with Crippen molar-refractivity contribution in [3.63, 3.8) is 0 Å². The number of unbranched alkanes of at least 4 members (excludes halogenated alkanes) is 6. The van der Waals surface area contributed by atoms with E-state index >= 15 is 0 Å². The summed E-state index contributed by atoms with van der Waals surface area (Å²) in [5.41, 5.74) is 0. The van der Waals surface area contributed by atoms with Gasteiger partial charge in [0.2, 0.25) is 6.43 Å². The third-order valence-electron chi connectivity index (χ3n) is 2.65. The van der Waals surface area contributed by atoms with Gasteiger partial charge >= 0.3 is 6.30 Å². The van der Waals surface area contributed by atoms with E-state index in [1.165, 1.54) is 0 Å². The minimum Gasteiger partial charge on any atom is -0.329 e. The van der Waals surface area contributed by atoms with Gasteiger partial charge in [0.1, 0.15) is 0 Å². The molecule has 0 heterocycles. The number of nitrogens with zero attached hydrogens (tertiary/aromatic N) is 2. The lowest BCUT2D eigenvalue weighted by molar-refractivity contribution is -0.726. The van der Waals surface area contributed by atoms with Crippen LogP contribution in [-0.4, -0.2) is 28.8 Å². The fourth-order valence-corrected chi connectivity index (χ4v) is 1.79. The Morgan fingerprint density at radius 1 is 1.00 bits per heavy atom. The summed E-state index contributed by atoms with van der Waals surface area (Å²) in [5.74, 6) is 0. The van der Waals surface area contributed by atoms with E-state index in [4.69, 9.17) is 0 Å². The van der Waals surface area contributed by atoms with Crippen LogP contribution < -0.4 is 0 Å². The van der Waals surface area contributed by atoms with Gasteiger partial charge in [-0.05, 0) is 12.8 Å². The number of halogens is 5. The smallest absolute Gasteiger partial charge is 0.329 e. The highest BCUT2D eigenvalue weighted by atomic mass is 32.1. The van der Waals surface area contributed by atoms with Crippen molar-refractivity contribution in [2.75, 3.05) is 6.61 Å². The maximum Gasteiger partial charge on any atom is 0.560 e. The number of hydroxylamine groups is 1. The third kappa shape index (κ3) is 11.6. The van der Waals surface area contributed by atoms with E-state index in [2.05, 4.69) is 17.7 Å². The molecule has 0 spiro atoms. The molecule has 0 radical (unpaired) electrons. The van der Waals surface area contributed by atoms with Crippen LogP contribution >= 0.6 is 0 Å². The molecule has 0 aromatic carbocycles. The van der Waals surface area contributed by atoms with Crippen LogP contribution in [0.2, 0.25) is 0 Å². The summed E-state index contributed by atoms with van der Waals surface area (Å²) in [6.07, 6.45) is -2.68. The number of rotatable bonds is 12. The number of hydrogen-bond donors (Lipinski definition) is 0. The molecule has 0 aliphatic heterocycles. The van der Waals surface area contributed by atoms with E-state index in [0.717, 1.165) is 25.7 Å². The zero-order valence-electron chi connectivity index (χ0n) is 11.5. The van der Waals surface area contributed by atoms with Crippen LogP contribution in [0.4, 0.5) is 22.0 Å². The Hall–Kier alpha value is -0.770. The Morgan fingerprint density at radius 2 is 1.48 bits per heavy atom. The van der Waals surface area contributed by atoms with Crippen molar-refractivity contribution < 1.29 is 31.1 Å². The predicted octanol–water partition coefficient (Wildman–Crippen LogP) is 4.28. The molecule has 0 atom stereocenters. The molecule has 0 unspecified atom stereocenters. The second-order valence-electron chi connectivity index (χ2n) is 4.47. The average Bonchev–Trinajstić information content (AvgIpc) is 2.33. The molecule has 0 rings (SSSR count). The van der Waals surface area contributed by atoms with Crippen LogP contribution in [-0.2, 0) is 17.7 Å². The molecule has 0 fully saturated rings. The molecule has 0 aliphatic carbocycles. The molecule has 0 aliphatic rings. The molecule has 10 heteroatoms. The van der Waals surface area contributed by atoms with Crippen LogP contribution in [0.15, 0.2) is 0 Å². The maximum atomic E-state index is 12.2. The van der Waals surface area contributed by atoms with Gasteiger partial charge in [0.25, 0.3) is 0 Å². The average molecular weight is 338 g/mol. The van der Waals surface area contributed by atoms with Crippen molar-refractivity contribution in [1.82, 2.24) is 5.17 Å². The number of hydrogen-bond acceptors (Lipinski definition) is 3. The summed E-state index contributed by atoms with van der Waals surface area (Å²) in [4.78, 5) is 14.7. The standard InChI is InChI=1S/C11H19F5N2O2S/c12-10(13)8-6-4-2-1-3-5-7-9-20-17(18(19)21)11(14,15)16/h10H,1-9H2. The Morgan fingerprint density at radius 3 is 1.90 bits per heavy atom. The van der Waals surface area contributed by atoms with Crippen molar-refractivity contribution >= 4 is 12.8 Å². The zero-order valence-corrected chi connectivity index (χ0v) is 12.3. The van der Waals surface area contributed by atoms with Crippen LogP contribution in [0.1, 0.15) is 51.4 Å². The minimum atomic E-state index is -4.96. The summed E-state index contributed by atoms with van der Waals surface area (Å²) in [6, 6.07) is 0. The summed E-state index contributed by atoms with van der Waals surface area (Å²) in [5, 5.41) is -0.841. The van der Waals surface area contributed by atoms with E-state index in [9.17, 15) is 26.9 Å². The van der Waals surface area contributed by atoms with Gasteiger partial charge in [0, 0.05) is 11.3 Å². The normalized spacial score (nSPS) is 11.9. The van der Waals surface area contributed by atoms with Gasteiger partial charge in [-0.3, -0.25) is 0 Å². The topological polar surface area (TPSA) is 32.5 Å². The fourth-order valence-electron chi connectivity index (χ4n) is 1.65. The summed E-state index contributed by atoms with van der Waals surface area (Å²) in [7, 11) is 0. The number of alkyl halides is 5. The van der Waals surface area contributed by atoms with E-state index in [1.807, 2.05) is 0 Å². The lowest BCUT2D eigenvalue weighted by atomic mass is 10.1. The lowest BCUT2D eigenvalue weighted by Gasteiger charge is -2.17. The van der Waals surface area contributed by atoms with Gasteiger partial charge in [-0.25, -0.2) is 13.6 Å². The monoisotopic (exact) mass is 338 g/mol. The number of nitroso groups, excluding NO2 is 1. The molecule has 4 nitrogen and oxygen atoms in total. The minimum absolute atomic E-state index is 0.0894. The second-order valence-corrected chi connectivity index (χ2v) is 4.78. The SMILES string of the molecule is O=[N+]([S-])N(OCCCCCCCCCC(F)F)C(F)(F)F. The van der Waals surface area contributed by atoms with E-state index < -0.39 is 22.2 Å². The van der Waals surface area contributed by atoms with E-state index in [-0.39, 0.29) is 13.0 Å². The molecule has 0 bridgehead atoms. The van der Waals surface area contributed by atoms with Crippen molar-refractivity contribution in [3.8, 4) is 0 Å². The first-order valence-corrected chi connectivity index (χ1v) is 7.04. The molecule has 0 aromatic rings. The van der Waals surface area contributed by atoms with E-state index in [1.54, 1.807) is 0 Å².